The first-order valence-corrected chi connectivity index (χ1v) is 14.8. The number of nitrogens with zero attached hydrogens (tertiary/aromatic N) is 4. The van der Waals surface area contributed by atoms with E-state index in [1.165, 1.54) is 11.3 Å². The van der Waals surface area contributed by atoms with Crippen molar-refractivity contribution in [3.05, 3.63) is 84.7 Å². The molecule has 8 heteroatoms. The first kappa shape index (κ1) is 27.8. The minimum Gasteiger partial charge on any atom is -0.389 e. The lowest BCUT2D eigenvalue weighted by Gasteiger charge is -2.45. The van der Waals surface area contributed by atoms with E-state index in [1.54, 1.807) is 0 Å². The molecule has 1 amide bonds. The molecule has 3 saturated heterocycles. The van der Waals surface area contributed by atoms with Gasteiger partial charge in [-0.1, -0.05) is 36.4 Å². The van der Waals surface area contributed by atoms with Crippen molar-refractivity contribution in [2.75, 3.05) is 50.8 Å². The van der Waals surface area contributed by atoms with Gasteiger partial charge in [-0.05, 0) is 59.9 Å². The Kier molecular flexibility index (Phi) is 8.91. The summed E-state index contributed by atoms with van der Waals surface area (Å²) < 4.78 is 12.4. The fourth-order valence-electron chi connectivity index (χ4n) is 6.43. The van der Waals surface area contributed by atoms with Gasteiger partial charge >= 0.3 is 0 Å². The highest BCUT2D eigenvalue weighted by molar-refractivity contribution is 5.77. The van der Waals surface area contributed by atoms with Crippen LogP contribution in [0.4, 0.5) is 5.69 Å². The molecular weight excluding hydrogens is 516 g/mol. The number of β-amino-alcohol motifs (C(OH)–C–C–N with tert-alkyl or cyclic N) is 1. The number of benzene rings is 2. The van der Waals surface area contributed by atoms with Crippen LogP contribution in [0.25, 0.3) is 11.1 Å². The number of fused-ring (bicyclic) bond motifs is 1. The highest BCUT2D eigenvalue weighted by Crippen LogP contribution is 2.30. The van der Waals surface area contributed by atoms with E-state index in [0.29, 0.717) is 19.6 Å². The van der Waals surface area contributed by atoms with E-state index < -0.39 is 6.10 Å². The number of carbonyl (C=O) groups is 1. The number of aromatic nitrogens is 1. The van der Waals surface area contributed by atoms with Gasteiger partial charge in [0.05, 0.1) is 37.9 Å². The maximum Gasteiger partial charge on any atom is 0.225 e. The van der Waals surface area contributed by atoms with E-state index in [2.05, 4.69) is 63.3 Å². The lowest BCUT2D eigenvalue weighted by molar-refractivity contribution is -0.161. The molecule has 0 aliphatic carbocycles. The van der Waals surface area contributed by atoms with Crippen LogP contribution < -0.4 is 4.90 Å². The van der Waals surface area contributed by atoms with E-state index in [4.69, 9.17) is 9.47 Å². The fraction of sp³-hybridized carbons (Fsp3) is 0.455. The molecule has 216 valence electrons. The zero-order chi connectivity index (χ0) is 28.0. The lowest BCUT2D eigenvalue weighted by Crippen LogP contribution is -2.56. The first-order valence-electron chi connectivity index (χ1n) is 14.8. The molecule has 3 fully saturated rings. The number of para-hydroxylation sites is 1. The Hall–Kier alpha value is -3.30. The van der Waals surface area contributed by atoms with Crippen LogP contribution in [0, 0.1) is 0 Å². The molecule has 6 rings (SSSR count). The summed E-state index contributed by atoms with van der Waals surface area (Å²) in [5, 5.41) is 10.6. The summed E-state index contributed by atoms with van der Waals surface area (Å²) in [7, 11) is 0. The first-order chi connectivity index (χ1) is 20.1. The van der Waals surface area contributed by atoms with Gasteiger partial charge in [-0.25, -0.2) is 0 Å². The van der Waals surface area contributed by atoms with Crippen LogP contribution in [0.3, 0.4) is 0 Å². The number of pyridine rings is 1. The van der Waals surface area contributed by atoms with Crippen LogP contribution in [0.1, 0.15) is 24.8 Å². The molecule has 0 unspecified atom stereocenters. The molecule has 4 heterocycles. The van der Waals surface area contributed by atoms with Crippen molar-refractivity contribution in [3.8, 4) is 11.1 Å². The van der Waals surface area contributed by atoms with Gasteiger partial charge in [0.25, 0.3) is 0 Å². The topological polar surface area (TPSA) is 78.4 Å². The summed E-state index contributed by atoms with van der Waals surface area (Å²) in [6, 6.07) is 23.1. The average molecular weight is 557 g/mol. The van der Waals surface area contributed by atoms with Crippen molar-refractivity contribution >= 4 is 11.6 Å². The van der Waals surface area contributed by atoms with E-state index >= 15 is 0 Å². The third kappa shape index (κ3) is 6.96. The van der Waals surface area contributed by atoms with E-state index in [1.807, 2.05) is 35.5 Å². The summed E-state index contributed by atoms with van der Waals surface area (Å²) in [4.78, 5) is 24.1. The monoisotopic (exact) mass is 556 g/mol. The quantitative estimate of drug-likeness (QED) is 0.497. The zero-order valence-corrected chi connectivity index (χ0v) is 23.6. The van der Waals surface area contributed by atoms with Gasteiger partial charge in [0.2, 0.25) is 5.91 Å². The van der Waals surface area contributed by atoms with Crippen LogP contribution >= 0.6 is 0 Å². The van der Waals surface area contributed by atoms with Crippen LogP contribution in [-0.2, 0) is 20.8 Å². The van der Waals surface area contributed by atoms with Gasteiger partial charge in [-0.3, -0.25) is 14.7 Å². The minimum absolute atomic E-state index is 0.110. The molecule has 0 radical (unpaired) electrons. The van der Waals surface area contributed by atoms with Crippen LogP contribution in [0.2, 0.25) is 0 Å². The van der Waals surface area contributed by atoms with Crippen molar-refractivity contribution in [2.24, 2.45) is 0 Å². The van der Waals surface area contributed by atoms with Crippen molar-refractivity contribution in [3.63, 3.8) is 0 Å². The largest absolute Gasteiger partial charge is 0.389 e. The Morgan fingerprint density at radius 1 is 0.902 bits per heavy atom. The van der Waals surface area contributed by atoms with E-state index in [9.17, 15) is 9.90 Å². The molecule has 4 atom stereocenters. The molecule has 0 bridgehead atoms. The molecule has 0 saturated carbocycles. The fourth-order valence-corrected chi connectivity index (χ4v) is 6.43. The minimum atomic E-state index is -0.548. The van der Waals surface area contributed by atoms with Crippen molar-refractivity contribution < 1.29 is 19.4 Å². The van der Waals surface area contributed by atoms with Gasteiger partial charge in [-0.15, -0.1) is 0 Å². The molecule has 1 N–H and O–H groups in total. The third-order valence-electron chi connectivity index (χ3n) is 8.57. The number of ether oxygens (including phenoxy) is 2. The summed E-state index contributed by atoms with van der Waals surface area (Å²) in [6.45, 7) is 5.12. The molecule has 3 aliphatic rings. The number of aliphatic hydroxyl groups is 1. The predicted octanol–water partition coefficient (Wildman–Crippen LogP) is 3.60. The van der Waals surface area contributed by atoms with Crippen molar-refractivity contribution in [1.82, 2.24) is 14.8 Å². The van der Waals surface area contributed by atoms with Gasteiger partial charge in [0, 0.05) is 63.4 Å². The van der Waals surface area contributed by atoms with Crippen LogP contribution in [0.15, 0.2) is 79.1 Å². The standard InChI is InChI=1S/C33H40N4O4/c38-29-22-37(21-25-5-4-6-27(19-25)26-11-13-34-14-12-26)31-10-9-30(41-32(31)24-40-23-29)20-33(39)36-17-15-35(16-18-36)28-7-2-1-3-8-28/h1-8,11-14,19,29-32,38H,9-10,15-18,20-24H2/t29-,30+,31+,32-/m1/s1. The SMILES string of the molecule is O=C(C[C@@H]1CC[C@H]2[C@@H](COC[C@H](O)CN2Cc2cccc(-c3ccncc3)c2)O1)N1CCN(c2ccccc2)CC1. The van der Waals surface area contributed by atoms with E-state index in [-0.39, 0.29) is 30.8 Å². The number of hydrogen-bond donors (Lipinski definition) is 1. The number of hydrogen-bond acceptors (Lipinski definition) is 7. The number of amides is 1. The summed E-state index contributed by atoms with van der Waals surface area (Å²) in [6.07, 6.45) is 4.97. The number of piperazine rings is 1. The number of rotatable bonds is 6. The van der Waals surface area contributed by atoms with Crippen LogP contribution in [-0.4, -0.2) is 96.1 Å². The summed E-state index contributed by atoms with van der Waals surface area (Å²) in [5.74, 6) is 0.174. The van der Waals surface area contributed by atoms with Gasteiger partial charge in [0.15, 0.2) is 0 Å². The number of carbonyl (C=O) groups excluding carboxylic acids is 1. The Labute approximate surface area is 242 Å². The highest BCUT2D eigenvalue weighted by atomic mass is 16.5. The second-order valence-electron chi connectivity index (χ2n) is 11.4. The lowest BCUT2D eigenvalue weighted by atomic mass is 9.94. The molecule has 8 nitrogen and oxygen atoms in total. The average Bonchev–Trinajstić information content (AvgIpc) is 3.01. The van der Waals surface area contributed by atoms with Crippen LogP contribution in [0.5, 0.6) is 0 Å². The Morgan fingerprint density at radius 2 is 1.71 bits per heavy atom. The summed E-state index contributed by atoms with van der Waals surface area (Å²) >= 11 is 0. The van der Waals surface area contributed by atoms with Gasteiger partial charge in [0.1, 0.15) is 0 Å². The van der Waals surface area contributed by atoms with Crippen molar-refractivity contribution in [1.29, 1.82) is 0 Å². The second-order valence-corrected chi connectivity index (χ2v) is 11.4. The zero-order valence-electron chi connectivity index (χ0n) is 23.6. The Bertz CT molecular complexity index is 1270. The maximum atomic E-state index is 13.2. The number of anilines is 1. The normalized spacial score (nSPS) is 25.7. The molecule has 2 aromatic carbocycles. The molecule has 3 aromatic rings. The summed E-state index contributed by atoms with van der Waals surface area (Å²) in [5.41, 5.74) is 4.69. The molecular formula is C33H40N4O4. The number of aliphatic hydroxyl groups excluding tert-OH is 1. The van der Waals surface area contributed by atoms with Gasteiger partial charge < -0.3 is 24.4 Å². The Morgan fingerprint density at radius 3 is 2.51 bits per heavy atom. The Balaban J connectivity index is 1.07. The second kappa shape index (κ2) is 13.1. The highest BCUT2D eigenvalue weighted by Gasteiger charge is 2.38. The molecule has 3 aliphatic heterocycles. The maximum absolute atomic E-state index is 13.2. The molecule has 0 spiro atoms. The third-order valence-corrected chi connectivity index (χ3v) is 8.57. The smallest absolute Gasteiger partial charge is 0.225 e. The molecule has 1 aromatic heterocycles. The van der Waals surface area contributed by atoms with Gasteiger partial charge in [-0.2, -0.15) is 0 Å². The van der Waals surface area contributed by atoms with Crippen molar-refractivity contribution in [2.45, 2.75) is 50.2 Å². The predicted molar refractivity (Wildman–Crippen MR) is 158 cm³/mol. The van der Waals surface area contributed by atoms with E-state index in [0.717, 1.165) is 56.7 Å². The molecule has 41 heavy (non-hydrogen) atoms.